The molecule has 0 saturated carbocycles. The summed E-state index contributed by atoms with van der Waals surface area (Å²) >= 11 is 0. The first kappa shape index (κ1) is 13.1. The highest BCUT2D eigenvalue weighted by Crippen LogP contribution is 2.16. The lowest BCUT2D eigenvalue weighted by Gasteiger charge is -2.06. The summed E-state index contributed by atoms with van der Waals surface area (Å²) in [5, 5.41) is 17.6. The van der Waals surface area contributed by atoms with Crippen LogP contribution in [0.3, 0.4) is 0 Å². The van der Waals surface area contributed by atoms with Gasteiger partial charge in [0.15, 0.2) is 5.52 Å². The smallest absolute Gasteiger partial charge is 0.297 e. The maximum absolute atomic E-state index is 12.3. The Bertz CT molecular complexity index is 914. The molecule has 0 fully saturated rings. The van der Waals surface area contributed by atoms with Gasteiger partial charge in [-0.25, -0.2) is 4.68 Å². The van der Waals surface area contributed by atoms with E-state index in [0.717, 1.165) is 5.56 Å². The normalized spacial score (nSPS) is 10.7. The molecule has 104 valence electrons. The van der Waals surface area contributed by atoms with Gasteiger partial charge in [0, 0.05) is 0 Å². The van der Waals surface area contributed by atoms with Crippen molar-refractivity contribution in [2.75, 3.05) is 0 Å². The van der Waals surface area contributed by atoms with E-state index >= 15 is 0 Å². The van der Waals surface area contributed by atoms with Crippen LogP contribution in [0.15, 0.2) is 33.6 Å². The van der Waals surface area contributed by atoms with Gasteiger partial charge in [0.1, 0.15) is 5.76 Å². The number of aromatic nitrogens is 3. The summed E-state index contributed by atoms with van der Waals surface area (Å²) in [4.78, 5) is 12.3. The van der Waals surface area contributed by atoms with Crippen LogP contribution in [0.5, 0.6) is 0 Å². The number of rotatable bonds is 2. The molecule has 21 heavy (non-hydrogen) atoms. The Labute approximate surface area is 120 Å². The minimum Gasteiger partial charge on any atom is -0.360 e. The molecular weight excluding hydrogens is 268 g/mol. The average molecular weight is 280 g/mol. The van der Waals surface area contributed by atoms with Crippen LogP contribution < -0.4 is 5.56 Å². The maximum Gasteiger partial charge on any atom is 0.297 e. The molecule has 0 amide bonds. The van der Waals surface area contributed by atoms with Gasteiger partial charge in [0.2, 0.25) is 0 Å². The lowest BCUT2D eigenvalue weighted by Crippen LogP contribution is -2.24. The van der Waals surface area contributed by atoms with E-state index in [0.29, 0.717) is 34.5 Å². The summed E-state index contributed by atoms with van der Waals surface area (Å²) in [5.74, 6) is 0.595. The molecule has 1 aromatic carbocycles. The molecule has 0 saturated heterocycles. The highest BCUT2D eigenvalue weighted by atomic mass is 16.5. The molecule has 0 bridgehead atoms. The van der Waals surface area contributed by atoms with Gasteiger partial charge in [-0.3, -0.25) is 4.79 Å². The molecule has 6 nitrogen and oxygen atoms in total. The molecule has 0 aliphatic heterocycles. The van der Waals surface area contributed by atoms with E-state index in [1.807, 2.05) is 6.92 Å². The largest absolute Gasteiger partial charge is 0.360 e. The summed E-state index contributed by atoms with van der Waals surface area (Å²) in [6.45, 7) is 3.91. The second kappa shape index (κ2) is 4.87. The van der Waals surface area contributed by atoms with E-state index < -0.39 is 0 Å². The number of benzene rings is 1. The SMILES string of the molecule is Cc1nn(Cc2ccc(C#N)cc2)c(=O)c2noc(C)c12. The Kier molecular flexibility index (Phi) is 3.03. The van der Waals surface area contributed by atoms with E-state index in [-0.39, 0.29) is 5.56 Å². The van der Waals surface area contributed by atoms with Crippen molar-refractivity contribution in [3.63, 3.8) is 0 Å². The second-order valence-electron chi connectivity index (χ2n) is 4.82. The quantitative estimate of drug-likeness (QED) is 0.716. The number of hydrogen-bond donors (Lipinski definition) is 0. The topological polar surface area (TPSA) is 84.7 Å². The van der Waals surface area contributed by atoms with Crippen molar-refractivity contribution in [2.45, 2.75) is 20.4 Å². The average Bonchev–Trinajstić information content (AvgIpc) is 2.88. The van der Waals surface area contributed by atoms with Gasteiger partial charge in [-0.15, -0.1) is 0 Å². The van der Waals surface area contributed by atoms with Gasteiger partial charge in [-0.05, 0) is 31.5 Å². The first-order valence-corrected chi connectivity index (χ1v) is 6.43. The summed E-state index contributed by atoms with van der Waals surface area (Å²) in [7, 11) is 0. The first-order chi connectivity index (χ1) is 10.1. The molecule has 0 radical (unpaired) electrons. The monoisotopic (exact) mass is 280 g/mol. The molecule has 0 atom stereocenters. The summed E-state index contributed by atoms with van der Waals surface area (Å²) in [5.41, 5.74) is 2.20. The lowest BCUT2D eigenvalue weighted by atomic mass is 10.1. The molecule has 0 aliphatic rings. The molecular formula is C15H12N4O2. The zero-order valence-electron chi connectivity index (χ0n) is 11.6. The van der Waals surface area contributed by atoms with Crippen LogP contribution in [0, 0.1) is 25.2 Å². The maximum atomic E-state index is 12.3. The van der Waals surface area contributed by atoms with Gasteiger partial charge < -0.3 is 4.52 Å². The zero-order chi connectivity index (χ0) is 15.0. The van der Waals surface area contributed by atoms with Crippen molar-refractivity contribution in [1.82, 2.24) is 14.9 Å². The lowest BCUT2D eigenvalue weighted by molar-refractivity contribution is 0.405. The minimum absolute atomic E-state index is 0.281. The molecule has 3 rings (SSSR count). The van der Waals surface area contributed by atoms with E-state index in [1.54, 1.807) is 31.2 Å². The third-order valence-electron chi connectivity index (χ3n) is 3.35. The fourth-order valence-electron chi connectivity index (χ4n) is 2.31. The third-order valence-corrected chi connectivity index (χ3v) is 3.35. The zero-order valence-corrected chi connectivity index (χ0v) is 11.6. The van der Waals surface area contributed by atoms with E-state index in [1.165, 1.54) is 4.68 Å². The van der Waals surface area contributed by atoms with Crippen LogP contribution in [0.25, 0.3) is 10.9 Å². The highest BCUT2D eigenvalue weighted by Gasteiger charge is 2.15. The molecule has 0 spiro atoms. The van der Waals surface area contributed by atoms with Crippen LogP contribution in [0.1, 0.15) is 22.6 Å². The van der Waals surface area contributed by atoms with Gasteiger partial charge in [-0.2, -0.15) is 10.4 Å². The Hall–Kier alpha value is -2.94. The number of hydrogen-bond acceptors (Lipinski definition) is 5. The predicted molar refractivity (Wildman–Crippen MR) is 75.8 cm³/mol. The number of fused-ring (bicyclic) bond motifs is 1. The van der Waals surface area contributed by atoms with Gasteiger partial charge in [0.25, 0.3) is 5.56 Å². The van der Waals surface area contributed by atoms with E-state index in [9.17, 15) is 4.79 Å². The molecule has 2 heterocycles. The Morgan fingerprint density at radius 1 is 1.29 bits per heavy atom. The number of nitrogens with zero attached hydrogens (tertiary/aromatic N) is 4. The Balaban J connectivity index is 2.06. The van der Waals surface area contributed by atoms with Crippen molar-refractivity contribution in [3.8, 4) is 6.07 Å². The Morgan fingerprint density at radius 3 is 2.67 bits per heavy atom. The van der Waals surface area contributed by atoms with E-state index in [4.69, 9.17) is 9.78 Å². The van der Waals surface area contributed by atoms with Crippen molar-refractivity contribution in [3.05, 3.63) is 57.2 Å². The number of nitriles is 1. The van der Waals surface area contributed by atoms with Crippen molar-refractivity contribution in [2.24, 2.45) is 0 Å². The standard InChI is InChI=1S/C15H12N4O2/c1-9-13-10(2)21-18-14(13)15(20)19(17-9)8-12-5-3-11(7-16)4-6-12/h3-6H,8H2,1-2H3. The minimum atomic E-state index is -0.281. The molecule has 0 aliphatic carbocycles. The van der Waals surface area contributed by atoms with E-state index in [2.05, 4.69) is 16.3 Å². The molecule has 6 heteroatoms. The fourth-order valence-corrected chi connectivity index (χ4v) is 2.31. The summed E-state index contributed by atoms with van der Waals surface area (Å²) in [6.07, 6.45) is 0. The fraction of sp³-hybridized carbons (Fsp3) is 0.200. The van der Waals surface area contributed by atoms with Crippen LogP contribution >= 0.6 is 0 Å². The predicted octanol–water partition coefficient (Wildman–Crippen LogP) is 1.92. The first-order valence-electron chi connectivity index (χ1n) is 6.43. The van der Waals surface area contributed by atoms with Gasteiger partial charge >= 0.3 is 0 Å². The van der Waals surface area contributed by atoms with Crippen LogP contribution in [0.2, 0.25) is 0 Å². The van der Waals surface area contributed by atoms with Crippen molar-refractivity contribution >= 4 is 10.9 Å². The molecule has 0 N–H and O–H groups in total. The highest BCUT2D eigenvalue weighted by molar-refractivity contribution is 5.81. The second-order valence-corrected chi connectivity index (χ2v) is 4.82. The third kappa shape index (κ3) is 2.19. The summed E-state index contributed by atoms with van der Waals surface area (Å²) < 4.78 is 6.43. The molecule has 3 aromatic rings. The van der Waals surface area contributed by atoms with Gasteiger partial charge in [-0.1, -0.05) is 17.3 Å². The number of aryl methyl sites for hydroxylation is 2. The van der Waals surface area contributed by atoms with Gasteiger partial charge in [0.05, 0.1) is 29.3 Å². The van der Waals surface area contributed by atoms with Crippen LogP contribution in [-0.4, -0.2) is 14.9 Å². The Morgan fingerprint density at radius 2 is 2.00 bits per heavy atom. The van der Waals surface area contributed by atoms with Crippen LogP contribution in [0.4, 0.5) is 0 Å². The van der Waals surface area contributed by atoms with Crippen molar-refractivity contribution < 1.29 is 4.52 Å². The molecule has 2 aromatic heterocycles. The molecule has 0 unspecified atom stereocenters. The summed E-state index contributed by atoms with van der Waals surface area (Å²) in [6, 6.07) is 9.10. The van der Waals surface area contributed by atoms with Crippen LogP contribution in [-0.2, 0) is 6.54 Å². The van der Waals surface area contributed by atoms with Crippen molar-refractivity contribution in [1.29, 1.82) is 5.26 Å².